The average molecular weight is 259 g/mol. The number of carbonyl (C=O) groups is 1. The summed E-state index contributed by atoms with van der Waals surface area (Å²) >= 11 is 0. The third kappa shape index (κ3) is 4.29. The highest BCUT2D eigenvalue weighted by molar-refractivity contribution is 5.74. The van der Waals surface area contributed by atoms with Gasteiger partial charge in [0.25, 0.3) is 0 Å². The van der Waals surface area contributed by atoms with Crippen molar-refractivity contribution in [2.45, 2.75) is 31.9 Å². The fourth-order valence-electron chi connectivity index (χ4n) is 1.42. The lowest BCUT2D eigenvalue weighted by Crippen LogP contribution is -2.48. The first-order valence-electron chi connectivity index (χ1n) is 5.50. The van der Waals surface area contributed by atoms with Crippen LogP contribution in [0.25, 0.3) is 0 Å². The van der Waals surface area contributed by atoms with E-state index in [-0.39, 0.29) is 12.2 Å². The van der Waals surface area contributed by atoms with Crippen molar-refractivity contribution in [2.24, 2.45) is 0 Å². The van der Waals surface area contributed by atoms with Gasteiger partial charge in [0.2, 0.25) is 0 Å². The number of carboxylic acids is 1. The van der Waals surface area contributed by atoms with E-state index < -0.39 is 24.5 Å². The van der Waals surface area contributed by atoms with Gasteiger partial charge in [0.1, 0.15) is 11.8 Å². The highest BCUT2D eigenvalue weighted by Crippen LogP contribution is 2.17. The Balaban J connectivity index is 2.75. The molecule has 0 aliphatic carbocycles. The minimum Gasteiger partial charge on any atom is -0.508 e. The van der Waals surface area contributed by atoms with E-state index in [2.05, 4.69) is 0 Å². The van der Waals surface area contributed by atoms with Crippen molar-refractivity contribution in [3.63, 3.8) is 0 Å². The standard InChI is InChI=1S/C12H15F2NO3/c1-2-12(13,14)15-10(11(17)18)7-8-3-5-9(16)6-4-8/h3-6,10,15-16H,2,7H2,1H3,(H,17,18). The number of aromatic hydroxyl groups is 1. The molecular weight excluding hydrogens is 244 g/mol. The Labute approximate surface area is 103 Å². The Hall–Kier alpha value is -1.69. The smallest absolute Gasteiger partial charge is 0.321 e. The molecule has 3 N–H and O–H groups in total. The van der Waals surface area contributed by atoms with E-state index in [1.54, 1.807) is 0 Å². The van der Waals surface area contributed by atoms with Gasteiger partial charge in [0, 0.05) is 6.42 Å². The van der Waals surface area contributed by atoms with Crippen molar-refractivity contribution in [3.8, 4) is 5.75 Å². The van der Waals surface area contributed by atoms with E-state index in [1.165, 1.54) is 31.2 Å². The van der Waals surface area contributed by atoms with Gasteiger partial charge in [-0.25, -0.2) is 5.32 Å². The van der Waals surface area contributed by atoms with Gasteiger partial charge in [-0.2, -0.15) is 8.78 Å². The first kappa shape index (κ1) is 14.4. The number of phenols is 1. The molecular formula is C12H15F2NO3. The Morgan fingerprint density at radius 1 is 1.39 bits per heavy atom. The number of phenolic OH excluding ortho intramolecular Hbond substituents is 1. The lowest BCUT2D eigenvalue weighted by Gasteiger charge is -2.21. The van der Waals surface area contributed by atoms with Crippen LogP contribution in [0.2, 0.25) is 0 Å². The van der Waals surface area contributed by atoms with Crippen LogP contribution in [0.3, 0.4) is 0 Å². The molecule has 4 nitrogen and oxygen atoms in total. The van der Waals surface area contributed by atoms with Crippen molar-refractivity contribution in [2.75, 3.05) is 0 Å². The summed E-state index contributed by atoms with van der Waals surface area (Å²) in [5.41, 5.74) is 0.555. The zero-order chi connectivity index (χ0) is 13.8. The molecule has 0 fully saturated rings. The Morgan fingerprint density at radius 2 is 1.94 bits per heavy atom. The fourth-order valence-corrected chi connectivity index (χ4v) is 1.42. The second-order valence-electron chi connectivity index (χ2n) is 3.96. The predicted molar refractivity (Wildman–Crippen MR) is 61.6 cm³/mol. The normalized spacial score (nSPS) is 13.3. The third-order valence-corrected chi connectivity index (χ3v) is 2.50. The van der Waals surface area contributed by atoms with E-state index in [1.807, 2.05) is 5.32 Å². The lowest BCUT2D eigenvalue weighted by molar-refractivity contribution is -0.144. The summed E-state index contributed by atoms with van der Waals surface area (Å²) in [7, 11) is 0. The number of rotatable bonds is 6. The molecule has 1 aromatic carbocycles. The Kier molecular flexibility index (Phi) is 4.61. The second-order valence-corrected chi connectivity index (χ2v) is 3.96. The topological polar surface area (TPSA) is 69.6 Å². The monoisotopic (exact) mass is 259 g/mol. The third-order valence-electron chi connectivity index (χ3n) is 2.50. The zero-order valence-electron chi connectivity index (χ0n) is 9.86. The van der Waals surface area contributed by atoms with Crippen LogP contribution in [0, 0.1) is 0 Å². The number of hydrogen-bond donors (Lipinski definition) is 3. The molecule has 0 aromatic heterocycles. The van der Waals surface area contributed by atoms with Gasteiger partial charge in [0.05, 0.1) is 0 Å². The maximum atomic E-state index is 13.1. The highest BCUT2D eigenvalue weighted by atomic mass is 19.3. The van der Waals surface area contributed by atoms with E-state index in [4.69, 9.17) is 10.2 Å². The number of alkyl halides is 2. The largest absolute Gasteiger partial charge is 0.508 e. The summed E-state index contributed by atoms with van der Waals surface area (Å²) in [5, 5.41) is 19.8. The Bertz CT molecular complexity index is 406. The first-order valence-corrected chi connectivity index (χ1v) is 5.50. The van der Waals surface area contributed by atoms with E-state index >= 15 is 0 Å². The molecule has 100 valence electrons. The summed E-state index contributed by atoms with van der Waals surface area (Å²) in [4.78, 5) is 10.9. The van der Waals surface area contributed by atoms with Crippen molar-refractivity contribution in [1.82, 2.24) is 5.32 Å². The van der Waals surface area contributed by atoms with Crippen LogP contribution in [0.4, 0.5) is 8.78 Å². The molecule has 1 unspecified atom stereocenters. The first-order chi connectivity index (χ1) is 8.34. The van der Waals surface area contributed by atoms with Crippen LogP contribution in [-0.2, 0) is 11.2 Å². The van der Waals surface area contributed by atoms with Crippen molar-refractivity contribution < 1.29 is 23.8 Å². The molecule has 6 heteroatoms. The molecule has 0 heterocycles. The summed E-state index contributed by atoms with van der Waals surface area (Å²) in [5.74, 6) is -1.30. The molecule has 0 aliphatic heterocycles. The quantitative estimate of drug-likeness (QED) is 0.683. The molecule has 0 saturated heterocycles. The number of halogens is 2. The second kappa shape index (κ2) is 5.77. The summed E-state index contributed by atoms with van der Waals surface area (Å²) in [6.07, 6.45) is -0.558. The maximum absolute atomic E-state index is 13.1. The van der Waals surface area contributed by atoms with Crippen molar-refractivity contribution >= 4 is 5.97 Å². The molecule has 18 heavy (non-hydrogen) atoms. The minimum atomic E-state index is -3.21. The van der Waals surface area contributed by atoms with Crippen LogP contribution in [0.15, 0.2) is 24.3 Å². The SMILES string of the molecule is CCC(F)(F)NC(Cc1ccc(O)cc1)C(=O)O. The molecule has 0 radical (unpaired) electrons. The van der Waals surface area contributed by atoms with E-state index in [9.17, 15) is 13.6 Å². The molecule has 0 amide bonds. The molecule has 0 bridgehead atoms. The summed E-state index contributed by atoms with van der Waals surface area (Å²) in [6.45, 7) is 1.27. The van der Waals surface area contributed by atoms with Gasteiger partial charge in [-0.1, -0.05) is 19.1 Å². The van der Waals surface area contributed by atoms with Crippen LogP contribution < -0.4 is 5.32 Å². The lowest BCUT2D eigenvalue weighted by atomic mass is 10.1. The molecule has 0 spiro atoms. The van der Waals surface area contributed by atoms with Crippen LogP contribution in [-0.4, -0.2) is 28.3 Å². The van der Waals surface area contributed by atoms with Gasteiger partial charge in [-0.05, 0) is 24.1 Å². The van der Waals surface area contributed by atoms with Gasteiger partial charge in [0.15, 0.2) is 0 Å². The fraction of sp³-hybridized carbons (Fsp3) is 0.417. The van der Waals surface area contributed by atoms with E-state index in [0.717, 1.165) is 0 Å². The Morgan fingerprint density at radius 3 is 2.39 bits per heavy atom. The summed E-state index contributed by atoms with van der Waals surface area (Å²) < 4.78 is 26.2. The van der Waals surface area contributed by atoms with Gasteiger partial charge in [-0.15, -0.1) is 0 Å². The van der Waals surface area contributed by atoms with Gasteiger partial charge >= 0.3 is 12.0 Å². The van der Waals surface area contributed by atoms with Crippen molar-refractivity contribution in [3.05, 3.63) is 29.8 Å². The molecule has 1 rings (SSSR count). The van der Waals surface area contributed by atoms with E-state index in [0.29, 0.717) is 5.56 Å². The van der Waals surface area contributed by atoms with Gasteiger partial charge < -0.3 is 10.2 Å². The number of hydrogen-bond acceptors (Lipinski definition) is 3. The molecule has 1 aromatic rings. The number of nitrogens with one attached hydrogen (secondary N) is 1. The van der Waals surface area contributed by atoms with Gasteiger partial charge in [-0.3, -0.25) is 4.79 Å². The number of carboxylic acid groups (broad SMARTS) is 1. The van der Waals surface area contributed by atoms with Crippen LogP contribution in [0.1, 0.15) is 18.9 Å². The number of aliphatic carboxylic acids is 1. The maximum Gasteiger partial charge on any atom is 0.321 e. The van der Waals surface area contributed by atoms with Crippen LogP contribution >= 0.6 is 0 Å². The number of benzene rings is 1. The zero-order valence-corrected chi connectivity index (χ0v) is 9.86. The van der Waals surface area contributed by atoms with Crippen molar-refractivity contribution in [1.29, 1.82) is 0 Å². The molecule has 0 aliphatic rings. The molecule has 1 atom stereocenters. The predicted octanol–water partition coefficient (Wildman–Crippen LogP) is 1.98. The summed E-state index contributed by atoms with van der Waals surface area (Å²) in [6, 6.07) is 1.18. The highest BCUT2D eigenvalue weighted by Gasteiger charge is 2.32. The van der Waals surface area contributed by atoms with Crippen LogP contribution in [0.5, 0.6) is 5.75 Å². The minimum absolute atomic E-state index is 0.0393. The molecule has 0 saturated carbocycles. The average Bonchev–Trinajstić information content (AvgIpc) is 2.31.